The van der Waals surface area contributed by atoms with Crippen LogP contribution in [-0.2, 0) is 10.9 Å². The van der Waals surface area contributed by atoms with E-state index in [1.54, 1.807) is 12.1 Å². The standard InChI is InChI=1S/C20H16FOS.ClHO4/c21-17-13-11-16(12-14-17)20(22)15-23(18-7-3-1-4-8-18)19-9-5-2-6-10-19;2-1(3,4)5/h1-14H,15H2;(H,2,3,4,5)/q+1;/p-1. The molecule has 146 valence electrons. The molecule has 0 aliphatic heterocycles. The van der Waals surface area contributed by atoms with Crippen molar-refractivity contribution in [2.75, 3.05) is 5.75 Å². The van der Waals surface area contributed by atoms with Gasteiger partial charge in [-0.3, -0.25) is 4.79 Å². The van der Waals surface area contributed by atoms with Gasteiger partial charge in [0.2, 0.25) is 5.78 Å². The third kappa shape index (κ3) is 7.77. The van der Waals surface area contributed by atoms with Crippen molar-refractivity contribution in [3.05, 3.63) is 96.3 Å². The SMILES string of the molecule is O=C(C[S+](c1ccccc1)c1ccccc1)c1ccc(F)cc1.[O-][Cl+3]([O-])([O-])[O-]. The largest absolute Gasteiger partial charge is 0.289 e. The molecule has 0 N–H and O–H groups in total. The van der Waals surface area contributed by atoms with Crippen LogP contribution >= 0.6 is 0 Å². The summed E-state index contributed by atoms with van der Waals surface area (Å²) >= 11 is 0. The highest BCUT2D eigenvalue weighted by Gasteiger charge is 2.28. The summed E-state index contributed by atoms with van der Waals surface area (Å²) in [7, 11) is -5.27. The molecule has 0 aliphatic carbocycles. The topological polar surface area (TPSA) is 109 Å². The lowest BCUT2D eigenvalue weighted by Crippen LogP contribution is -2.68. The van der Waals surface area contributed by atoms with Crippen molar-refractivity contribution in [2.45, 2.75) is 9.79 Å². The first-order valence-corrected chi connectivity index (χ1v) is 10.6. The van der Waals surface area contributed by atoms with Gasteiger partial charge in [-0.15, -0.1) is 10.2 Å². The summed E-state index contributed by atoms with van der Waals surface area (Å²) in [6.07, 6.45) is 0. The fraction of sp³-hybridized carbons (Fsp3) is 0.0500. The maximum absolute atomic E-state index is 13.0. The van der Waals surface area contributed by atoms with Crippen LogP contribution in [0.4, 0.5) is 4.39 Å². The second kappa shape index (κ2) is 10.3. The summed E-state index contributed by atoms with van der Waals surface area (Å²) < 4.78 is 47.0. The molecule has 0 saturated carbocycles. The van der Waals surface area contributed by atoms with Gasteiger partial charge in [0.05, 0.1) is 10.9 Å². The zero-order valence-corrected chi connectivity index (χ0v) is 16.1. The van der Waals surface area contributed by atoms with Gasteiger partial charge in [-0.2, -0.15) is 0 Å². The highest BCUT2D eigenvalue weighted by molar-refractivity contribution is 7.97. The van der Waals surface area contributed by atoms with Crippen LogP contribution in [0.15, 0.2) is 94.7 Å². The van der Waals surface area contributed by atoms with Crippen LogP contribution in [0, 0.1) is 16.1 Å². The van der Waals surface area contributed by atoms with Crippen molar-refractivity contribution in [3.63, 3.8) is 0 Å². The Labute approximate surface area is 166 Å². The van der Waals surface area contributed by atoms with E-state index in [-0.39, 0.29) is 22.5 Å². The Morgan fingerprint density at radius 3 is 1.54 bits per heavy atom. The molecule has 5 nitrogen and oxygen atoms in total. The van der Waals surface area contributed by atoms with Crippen LogP contribution < -0.4 is 18.6 Å². The number of halogens is 2. The number of rotatable bonds is 5. The van der Waals surface area contributed by atoms with E-state index in [2.05, 4.69) is 0 Å². The highest BCUT2D eigenvalue weighted by Crippen LogP contribution is 2.24. The van der Waals surface area contributed by atoms with E-state index >= 15 is 0 Å². The zero-order chi connectivity index (χ0) is 20.6. The van der Waals surface area contributed by atoms with E-state index in [1.807, 2.05) is 60.7 Å². The van der Waals surface area contributed by atoms with Crippen LogP contribution in [0.2, 0.25) is 0 Å². The smallest absolute Gasteiger partial charge is 0.212 e. The number of ketones is 1. The molecule has 0 spiro atoms. The van der Waals surface area contributed by atoms with Crippen molar-refractivity contribution < 1.29 is 38.1 Å². The number of hydrogen-bond donors (Lipinski definition) is 0. The molecule has 3 rings (SSSR count). The van der Waals surface area contributed by atoms with Crippen molar-refractivity contribution in [1.82, 2.24) is 0 Å². The van der Waals surface area contributed by atoms with Gasteiger partial charge >= 0.3 is 0 Å². The fourth-order valence-corrected chi connectivity index (χ4v) is 4.33. The van der Waals surface area contributed by atoms with Crippen molar-refractivity contribution in [2.24, 2.45) is 0 Å². The minimum absolute atomic E-state index is 0.0287. The number of Topliss-reactive ketones (excluding diaryl/α,β-unsaturated/α-hetero) is 1. The molecule has 0 aliphatic rings. The molecule has 0 atom stereocenters. The molecule has 3 aromatic carbocycles. The zero-order valence-electron chi connectivity index (χ0n) is 14.5. The molecule has 0 aromatic heterocycles. The van der Waals surface area contributed by atoms with E-state index in [9.17, 15) is 9.18 Å². The Morgan fingerprint density at radius 2 is 1.14 bits per heavy atom. The minimum Gasteiger partial charge on any atom is -0.289 e. The Hall–Kier alpha value is -2.26. The first kappa shape index (κ1) is 22.0. The maximum Gasteiger partial charge on any atom is 0.212 e. The number of carbonyl (C=O) groups excluding carboxylic acids is 1. The molecule has 0 saturated heterocycles. The Kier molecular flexibility index (Phi) is 8.13. The molecular weight excluding hydrogens is 407 g/mol. The van der Waals surface area contributed by atoms with Gasteiger partial charge in [-0.1, -0.05) is 36.4 Å². The summed E-state index contributed by atoms with van der Waals surface area (Å²) in [5, 5.41) is 0. The van der Waals surface area contributed by atoms with Gasteiger partial charge in [0.15, 0.2) is 15.5 Å². The monoisotopic (exact) mass is 422 g/mol. The molecule has 28 heavy (non-hydrogen) atoms. The quantitative estimate of drug-likeness (QED) is 0.424. The third-order valence-electron chi connectivity index (χ3n) is 3.50. The maximum atomic E-state index is 13.0. The van der Waals surface area contributed by atoms with E-state index in [4.69, 9.17) is 18.6 Å². The van der Waals surface area contributed by atoms with Gasteiger partial charge in [0.1, 0.15) is 5.82 Å². The fourth-order valence-electron chi connectivity index (χ4n) is 2.32. The van der Waals surface area contributed by atoms with Gasteiger partial charge in [-0.25, -0.2) is 23.0 Å². The van der Waals surface area contributed by atoms with Crippen molar-refractivity contribution >= 4 is 16.7 Å². The second-order valence-corrected chi connectivity index (χ2v) is 8.24. The molecular formula is C20H16ClFO5S. The number of carbonyl (C=O) groups is 1. The molecule has 0 unspecified atom stereocenters. The van der Waals surface area contributed by atoms with Gasteiger partial charge in [0, 0.05) is 5.56 Å². The van der Waals surface area contributed by atoms with Crippen LogP contribution in [0.5, 0.6) is 0 Å². The van der Waals surface area contributed by atoms with Crippen molar-refractivity contribution in [3.8, 4) is 0 Å². The van der Waals surface area contributed by atoms with Crippen LogP contribution in [0.3, 0.4) is 0 Å². The van der Waals surface area contributed by atoms with E-state index in [0.717, 1.165) is 9.79 Å². The van der Waals surface area contributed by atoms with Crippen molar-refractivity contribution in [1.29, 1.82) is 0 Å². The predicted octanol–water partition coefficient (Wildman–Crippen LogP) is -0.0111. The summed E-state index contributed by atoms with van der Waals surface area (Å²) in [4.78, 5) is 14.9. The van der Waals surface area contributed by atoms with E-state index in [0.29, 0.717) is 11.3 Å². The summed E-state index contributed by atoms with van der Waals surface area (Å²) in [6.45, 7) is 0. The van der Waals surface area contributed by atoms with Crippen LogP contribution in [0.1, 0.15) is 10.4 Å². The summed E-state index contributed by atoms with van der Waals surface area (Å²) in [6, 6.07) is 25.8. The van der Waals surface area contributed by atoms with Gasteiger partial charge in [-0.05, 0) is 48.5 Å². The lowest BCUT2D eigenvalue weighted by molar-refractivity contribution is -2.00. The third-order valence-corrected chi connectivity index (χ3v) is 5.73. The Morgan fingerprint density at radius 1 is 0.750 bits per heavy atom. The van der Waals surface area contributed by atoms with E-state index in [1.165, 1.54) is 12.1 Å². The average molecular weight is 423 g/mol. The molecule has 0 amide bonds. The molecule has 0 bridgehead atoms. The average Bonchev–Trinajstić information content (AvgIpc) is 2.66. The second-order valence-electron chi connectivity index (χ2n) is 5.47. The molecule has 0 radical (unpaired) electrons. The lowest BCUT2D eigenvalue weighted by Gasteiger charge is -2.17. The molecule has 0 fully saturated rings. The lowest BCUT2D eigenvalue weighted by atomic mass is 10.1. The number of benzene rings is 3. The highest BCUT2D eigenvalue weighted by atomic mass is 35.7. The normalized spacial score (nSPS) is 10.9. The Bertz CT molecular complexity index is 825. The van der Waals surface area contributed by atoms with Gasteiger partial charge < -0.3 is 0 Å². The first-order valence-electron chi connectivity index (χ1n) is 7.95. The summed E-state index contributed by atoms with van der Waals surface area (Å²) in [5.74, 6) is 0.0901. The van der Waals surface area contributed by atoms with E-state index < -0.39 is 10.2 Å². The molecule has 0 heterocycles. The van der Waals surface area contributed by atoms with Gasteiger partial charge in [0.25, 0.3) is 0 Å². The van der Waals surface area contributed by atoms with Crippen LogP contribution in [0.25, 0.3) is 0 Å². The summed E-state index contributed by atoms with van der Waals surface area (Å²) in [5.41, 5.74) is 0.552. The number of hydrogen-bond acceptors (Lipinski definition) is 5. The molecule has 8 heteroatoms. The minimum atomic E-state index is -4.94. The first-order chi connectivity index (χ1) is 13.2. The Balaban J connectivity index is 0.000000500. The predicted molar refractivity (Wildman–Crippen MR) is 92.4 cm³/mol. The molecule has 3 aromatic rings. The van der Waals surface area contributed by atoms with Crippen LogP contribution in [-0.4, -0.2) is 11.5 Å².